The van der Waals surface area contributed by atoms with E-state index in [0.717, 1.165) is 43.6 Å². The summed E-state index contributed by atoms with van der Waals surface area (Å²) in [4.78, 5) is 0. The van der Waals surface area contributed by atoms with Crippen LogP contribution in [-0.4, -0.2) is 31.2 Å². The molecule has 3 nitrogen and oxygen atoms in total. The molecule has 1 heterocycles. The van der Waals surface area contributed by atoms with Crippen molar-refractivity contribution in [3.8, 4) is 0 Å². The van der Waals surface area contributed by atoms with Crippen molar-refractivity contribution >= 4 is 0 Å². The zero-order valence-corrected chi connectivity index (χ0v) is 10.5. The summed E-state index contributed by atoms with van der Waals surface area (Å²) in [6.07, 6.45) is 6.64. The lowest BCUT2D eigenvalue weighted by Gasteiger charge is -2.32. The molecule has 1 aliphatic rings. The third kappa shape index (κ3) is 4.36. The van der Waals surface area contributed by atoms with Crippen LogP contribution in [0.3, 0.4) is 0 Å². The Labute approximate surface area is 98.3 Å². The third-order valence-electron chi connectivity index (χ3n) is 3.14. The molecular formula is C12H25FN2O. The minimum Gasteiger partial charge on any atom is -0.361 e. The highest BCUT2D eigenvalue weighted by atomic mass is 19.2. The molecule has 96 valence electrons. The molecule has 0 aromatic heterocycles. The first-order chi connectivity index (χ1) is 7.79. The summed E-state index contributed by atoms with van der Waals surface area (Å²) in [5, 5.41) is 3.90. The van der Waals surface area contributed by atoms with Crippen molar-refractivity contribution in [3.05, 3.63) is 0 Å². The Morgan fingerprint density at radius 2 is 2.25 bits per heavy atom. The predicted octanol–water partition coefficient (Wildman–Crippen LogP) is 2.83. The summed E-state index contributed by atoms with van der Waals surface area (Å²) in [6.45, 7) is 2.85. The minimum atomic E-state index is -0.340. The summed E-state index contributed by atoms with van der Waals surface area (Å²) in [7, 11) is 1.81. The van der Waals surface area contributed by atoms with E-state index in [1.165, 1.54) is 6.42 Å². The molecule has 1 N–H and O–H groups in total. The van der Waals surface area contributed by atoms with Crippen LogP contribution in [0.4, 0.5) is 4.48 Å². The third-order valence-corrected chi connectivity index (χ3v) is 3.14. The molecule has 2 atom stereocenters. The molecule has 1 rings (SSSR count). The molecule has 0 radical (unpaired) electrons. The lowest BCUT2D eigenvalue weighted by atomic mass is 10.1. The van der Waals surface area contributed by atoms with E-state index in [0.29, 0.717) is 6.61 Å². The van der Waals surface area contributed by atoms with Crippen molar-refractivity contribution in [2.45, 2.75) is 64.3 Å². The van der Waals surface area contributed by atoms with Crippen molar-refractivity contribution in [1.82, 2.24) is 10.4 Å². The van der Waals surface area contributed by atoms with Crippen molar-refractivity contribution in [2.24, 2.45) is 0 Å². The summed E-state index contributed by atoms with van der Waals surface area (Å²) >= 11 is 0. The Kier molecular flexibility index (Phi) is 6.92. The van der Waals surface area contributed by atoms with Crippen molar-refractivity contribution in [3.63, 3.8) is 0 Å². The van der Waals surface area contributed by atoms with E-state index in [1.807, 2.05) is 7.05 Å². The molecule has 0 amide bonds. The van der Waals surface area contributed by atoms with Crippen LogP contribution in [0.25, 0.3) is 0 Å². The fourth-order valence-corrected chi connectivity index (χ4v) is 2.10. The number of rotatable bonds is 7. The predicted molar refractivity (Wildman–Crippen MR) is 63.5 cm³/mol. The van der Waals surface area contributed by atoms with Crippen LogP contribution in [0.5, 0.6) is 0 Å². The average Bonchev–Trinajstić information content (AvgIpc) is 2.35. The van der Waals surface area contributed by atoms with E-state index >= 15 is 0 Å². The Hall–Kier alpha value is -0.190. The average molecular weight is 232 g/mol. The first kappa shape index (κ1) is 13.9. The zero-order valence-electron chi connectivity index (χ0n) is 10.5. The van der Waals surface area contributed by atoms with Gasteiger partial charge in [-0.15, -0.1) is 9.60 Å². The number of nitrogens with zero attached hydrogens (tertiary/aromatic N) is 1. The van der Waals surface area contributed by atoms with Crippen LogP contribution in [0.15, 0.2) is 0 Å². The van der Waals surface area contributed by atoms with Crippen molar-refractivity contribution in [1.29, 1.82) is 0 Å². The van der Waals surface area contributed by atoms with Crippen molar-refractivity contribution in [2.75, 3.05) is 13.7 Å². The topological polar surface area (TPSA) is 24.5 Å². The van der Waals surface area contributed by atoms with Gasteiger partial charge in [0.25, 0.3) is 0 Å². The molecule has 2 unspecified atom stereocenters. The van der Waals surface area contributed by atoms with Crippen LogP contribution in [0.2, 0.25) is 0 Å². The number of ether oxygens (including phenoxy) is 1. The van der Waals surface area contributed by atoms with E-state index in [9.17, 15) is 4.48 Å². The van der Waals surface area contributed by atoms with Gasteiger partial charge in [0.2, 0.25) is 0 Å². The summed E-state index contributed by atoms with van der Waals surface area (Å²) in [5.74, 6) is 0. The highest BCUT2D eigenvalue weighted by Crippen LogP contribution is 2.20. The Morgan fingerprint density at radius 3 is 2.81 bits per heavy atom. The second-order valence-electron chi connectivity index (χ2n) is 4.47. The molecule has 0 bridgehead atoms. The minimum absolute atomic E-state index is 0.199. The Balaban J connectivity index is 2.31. The van der Waals surface area contributed by atoms with Gasteiger partial charge in [-0.3, -0.25) is 0 Å². The molecule has 0 aromatic carbocycles. The molecule has 0 aromatic rings. The molecule has 1 saturated heterocycles. The monoisotopic (exact) mass is 232 g/mol. The quantitative estimate of drug-likeness (QED) is 0.415. The molecule has 4 heteroatoms. The Bertz CT molecular complexity index is 174. The molecule has 16 heavy (non-hydrogen) atoms. The maximum absolute atomic E-state index is 14.0. The summed E-state index contributed by atoms with van der Waals surface area (Å²) in [6, 6.07) is 0. The number of hydrogen-bond donors (Lipinski definition) is 1. The SMILES string of the molecule is CCCCCC(NC)N(F)C1CCCCO1. The molecule has 1 aliphatic heterocycles. The molecule has 0 saturated carbocycles. The maximum Gasteiger partial charge on any atom is 0.139 e. The molecule has 1 fully saturated rings. The largest absolute Gasteiger partial charge is 0.361 e. The van der Waals surface area contributed by atoms with E-state index in [4.69, 9.17) is 4.74 Å². The van der Waals surface area contributed by atoms with Gasteiger partial charge in [0.05, 0.1) is 6.17 Å². The lowest BCUT2D eigenvalue weighted by Crippen LogP contribution is -2.46. The molecule has 0 spiro atoms. The fraction of sp³-hybridized carbons (Fsp3) is 1.00. The lowest BCUT2D eigenvalue weighted by molar-refractivity contribution is -0.198. The zero-order chi connectivity index (χ0) is 11.8. The van der Waals surface area contributed by atoms with Crippen LogP contribution in [0.1, 0.15) is 51.9 Å². The molecular weight excluding hydrogens is 207 g/mol. The van der Waals surface area contributed by atoms with Crippen molar-refractivity contribution < 1.29 is 9.22 Å². The van der Waals surface area contributed by atoms with E-state index in [-0.39, 0.29) is 12.4 Å². The van der Waals surface area contributed by atoms with E-state index in [2.05, 4.69) is 12.2 Å². The number of unbranched alkanes of at least 4 members (excludes halogenated alkanes) is 2. The second-order valence-corrected chi connectivity index (χ2v) is 4.47. The number of halogens is 1. The van der Waals surface area contributed by atoms with Gasteiger partial charge in [0.15, 0.2) is 0 Å². The highest BCUT2D eigenvalue weighted by Gasteiger charge is 2.27. The van der Waals surface area contributed by atoms with Gasteiger partial charge in [-0.2, -0.15) is 0 Å². The van der Waals surface area contributed by atoms with Gasteiger partial charge in [-0.25, -0.2) is 0 Å². The van der Waals surface area contributed by atoms with Crippen LogP contribution < -0.4 is 5.32 Å². The Morgan fingerprint density at radius 1 is 1.44 bits per heavy atom. The van der Waals surface area contributed by atoms with Crippen LogP contribution in [0, 0.1) is 0 Å². The fourth-order valence-electron chi connectivity index (χ4n) is 2.10. The maximum atomic E-state index is 14.0. The van der Waals surface area contributed by atoms with Crippen LogP contribution >= 0.6 is 0 Å². The van der Waals surface area contributed by atoms with Gasteiger partial charge < -0.3 is 10.1 Å². The summed E-state index contributed by atoms with van der Waals surface area (Å²) < 4.78 is 19.5. The van der Waals surface area contributed by atoms with Gasteiger partial charge in [-0.1, -0.05) is 26.2 Å². The second kappa shape index (κ2) is 7.98. The highest BCUT2D eigenvalue weighted by molar-refractivity contribution is 4.67. The first-order valence-electron chi connectivity index (χ1n) is 6.52. The van der Waals surface area contributed by atoms with Crippen LogP contribution in [-0.2, 0) is 4.74 Å². The molecule has 0 aliphatic carbocycles. The van der Waals surface area contributed by atoms with E-state index < -0.39 is 0 Å². The van der Waals surface area contributed by atoms with E-state index in [1.54, 1.807) is 0 Å². The number of nitrogens with one attached hydrogen (secondary N) is 1. The smallest absolute Gasteiger partial charge is 0.139 e. The standard InChI is InChI=1S/C12H25FN2O/c1-3-4-5-8-11(14-2)15(13)12-9-6-7-10-16-12/h11-12,14H,3-10H2,1-2H3. The van der Waals surface area contributed by atoms with Gasteiger partial charge >= 0.3 is 0 Å². The van der Waals surface area contributed by atoms with Gasteiger partial charge in [-0.05, 0) is 32.7 Å². The van der Waals surface area contributed by atoms with Gasteiger partial charge in [0.1, 0.15) is 6.23 Å². The number of hydrogen-bond acceptors (Lipinski definition) is 3. The van der Waals surface area contributed by atoms with Gasteiger partial charge in [0, 0.05) is 6.61 Å². The normalized spacial score (nSPS) is 23.6. The first-order valence-corrected chi connectivity index (χ1v) is 6.52. The summed E-state index contributed by atoms with van der Waals surface area (Å²) in [5.41, 5.74) is 0.